The van der Waals surface area contributed by atoms with Crippen LogP contribution in [0.2, 0.25) is 0 Å². The molecule has 0 aliphatic carbocycles. The number of carbonyl (C=O) groups is 2. The molecular formula is C18H28N2O4. The number of esters is 1. The van der Waals surface area contributed by atoms with Crippen LogP contribution in [0.1, 0.15) is 52.1 Å². The van der Waals surface area contributed by atoms with Gasteiger partial charge in [-0.3, -0.25) is 19.5 Å². The minimum Gasteiger partial charge on any atom is -0.481 e. The van der Waals surface area contributed by atoms with Gasteiger partial charge in [0, 0.05) is 19.2 Å². The van der Waals surface area contributed by atoms with E-state index in [1.54, 1.807) is 6.20 Å². The molecule has 0 atom stereocenters. The van der Waals surface area contributed by atoms with Gasteiger partial charge in [0.2, 0.25) is 0 Å². The molecule has 0 aliphatic rings. The van der Waals surface area contributed by atoms with Gasteiger partial charge in [-0.05, 0) is 52.3 Å². The van der Waals surface area contributed by atoms with E-state index < -0.39 is 11.6 Å². The highest BCUT2D eigenvalue weighted by Crippen LogP contribution is 2.10. The number of carboxylic acid groups (broad SMARTS) is 1. The number of carbonyl (C=O) groups excluding carboxylic acids is 1. The fraction of sp³-hybridized carbons (Fsp3) is 0.611. The maximum atomic E-state index is 12.1. The second kappa shape index (κ2) is 10.0. The Hall–Kier alpha value is -1.95. The molecule has 0 fully saturated rings. The highest BCUT2D eigenvalue weighted by molar-refractivity contribution is 5.72. The number of pyridine rings is 1. The Balaban J connectivity index is 2.52. The Kier molecular flexibility index (Phi) is 8.40. The zero-order chi connectivity index (χ0) is 18.0. The normalized spacial score (nSPS) is 11.5. The van der Waals surface area contributed by atoms with Crippen molar-refractivity contribution in [1.29, 1.82) is 0 Å². The third-order valence-corrected chi connectivity index (χ3v) is 3.25. The first-order valence-electron chi connectivity index (χ1n) is 8.32. The van der Waals surface area contributed by atoms with Crippen molar-refractivity contribution < 1.29 is 19.4 Å². The average Bonchev–Trinajstić information content (AvgIpc) is 2.45. The monoisotopic (exact) mass is 336 g/mol. The van der Waals surface area contributed by atoms with Crippen LogP contribution < -0.4 is 0 Å². The van der Waals surface area contributed by atoms with Crippen LogP contribution in [0.25, 0.3) is 0 Å². The Morgan fingerprint density at radius 2 is 1.96 bits per heavy atom. The van der Waals surface area contributed by atoms with Crippen molar-refractivity contribution in [3.05, 3.63) is 30.1 Å². The first-order chi connectivity index (χ1) is 11.3. The lowest BCUT2D eigenvalue weighted by Crippen LogP contribution is -2.35. The summed E-state index contributed by atoms with van der Waals surface area (Å²) in [4.78, 5) is 28.9. The summed E-state index contributed by atoms with van der Waals surface area (Å²) in [7, 11) is 0. The lowest BCUT2D eigenvalue weighted by molar-refractivity contribution is -0.156. The van der Waals surface area contributed by atoms with Gasteiger partial charge in [0.1, 0.15) is 5.60 Å². The van der Waals surface area contributed by atoms with Crippen molar-refractivity contribution in [1.82, 2.24) is 9.88 Å². The van der Waals surface area contributed by atoms with E-state index in [2.05, 4.69) is 4.98 Å². The molecule has 1 heterocycles. The van der Waals surface area contributed by atoms with Crippen LogP contribution in [0.3, 0.4) is 0 Å². The number of aliphatic carboxylic acids is 1. The number of aromatic nitrogens is 1. The Morgan fingerprint density at radius 3 is 2.54 bits per heavy atom. The lowest BCUT2D eigenvalue weighted by atomic mass is 10.2. The van der Waals surface area contributed by atoms with E-state index in [4.69, 9.17) is 9.84 Å². The largest absolute Gasteiger partial charge is 0.481 e. The Bertz CT molecular complexity index is 512. The van der Waals surface area contributed by atoms with Gasteiger partial charge < -0.3 is 9.84 Å². The highest BCUT2D eigenvalue weighted by Gasteiger charge is 2.19. The lowest BCUT2D eigenvalue weighted by Gasteiger charge is -2.24. The number of hydrogen-bond donors (Lipinski definition) is 1. The second-order valence-corrected chi connectivity index (χ2v) is 6.82. The summed E-state index contributed by atoms with van der Waals surface area (Å²) < 4.78 is 5.39. The molecule has 1 rings (SSSR count). The summed E-state index contributed by atoms with van der Waals surface area (Å²) in [6.07, 6.45) is 4.22. The summed E-state index contributed by atoms with van der Waals surface area (Å²) >= 11 is 0. The fourth-order valence-corrected chi connectivity index (χ4v) is 2.28. The quantitative estimate of drug-likeness (QED) is 0.523. The highest BCUT2D eigenvalue weighted by atomic mass is 16.6. The Morgan fingerprint density at radius 1 is 1.21 bits per heavy atom. The van der Waals surface area contributed by atoms with Crippen molar-refractivity contribution in [3.8, 4) is 0 Å². The van der Waals surface area contributed by atoms with E-state index in [9.17, 15) is 9.59 Å². The van der Waals surface area contributed by atoms with Gasteiger partial charge in [-0.25, -0.2) is 0 Å². The summed E-state index contributed by atoms with van der Waals surface area (Å²) in [6.45, 7) is 7.01. The van der Waals surface area contributed by atoms with Crippen LogP contribution in [0.4, 0.5) is 0 Å². The molecule has 0 amide bonds. The molecule has 1 N–H and O–H groups in total. The van der Waals surface area contributed by atoms with Crippen molar-refractivity contribution in [3.63, 3.8) is 0 Å². The fourth-order valence-electron chi connectivity index (χ4n) is 2.28. The number of hydrogen-bond acceptors (Lipinski definition) is 5. The maximum Gasteiger partial charge on any atom is 0.320 e. The third kappa shape index (κ3) is 9.94. The van der Waals surface area contributed by atoms with E-state index in [1.165, 1.54) is 0 Å². The zero-order valence-corrected chi connectivity index (χ0v) is 14.8. The maximum absolute atomic E-state index is 12.1. The van der Waals surface area contributed by atoms with Crippen LogP contribution in [0.15, 0.2) is 24.4 Å². The van der Waals surface area contributed by atoms with Gasteiger partial charge in [-0.15, -0.1) is 0 Å². The second-order valence-electron chi connectivity index (χ2n) is 6.82. The molecule has 0 bridgehead atoms. The van der Waals surface area contributed by atoms with Crippen molar-refractivity contribution in [2.75, 3.05) is 13.1 Å². The summed E-state index contributed by atoms with van der Waals surface area (Å²) in [6, 6.07) is 5.70. The summed E-state index contributed by atoms with van der Waals surface area (Å²) in [5.74, 6) is -1.03. The molecule has 0 unspecified atom stereocenters. The van der Waals surface area contributed by atoms with Gasteiger partial charge in [-0.1, -0.05) is 12.5 Å². The minimum absolute atomic E-state index is 0.187. The van der Waals surface area contributed by atoms with Crippen molar-refractivity contribution >= 4 is 11.9 Å². The van der Waals surface area contributed by atoms with Gasteiger partial charge in [0.05, 0.1) is 12.2 Å². The molecule has 1 aromatic heterocycles. The molecule has 1 aromatic rings. The van der Waals surface area contributed by atoms with Crippen molar-refractivity contribution in [2.24, 2.45) is 0 Å². The van der Waals surface area contributed by atoms with Crippen LogP contribution in [0.5, 0.6) is 0 Å². The molecular weight excluding hydrogens is 308 g/mol. The predicted molar refractivity (Wildman–Crippen MR) is 91.5 cm³/mol. The van der Waals surface area contributed by atoms with E-state index in [0.29, 0.717) is 19.5 Å². The summed E-state index contributed by atoms with van der Waals surface area (Å²) in [5.41, 5.74) is 0.390. The molecule has 0 spiro atoms. The zero-order valence-electron chi connectivity index (χ0n) is 14.8. The van der Waals surface area contributed by atoms with Crippen molar-refractivity contribution in [2.45, 2.75) is 58.6 Å². The molecule has 0 aliphatic heterocycles. The van der Waals surface area contributed by atoms with E-state index in [1.807, 2.05) is 43.9 Å². The molecule has 0 aromatic carbocycles. The molecule has 0 radical (unpaired) electrons. The Labute approximate surface area is 143 Å². The van der Waals surface area contributed by atoms with Crippen LogP contribution in [0, 0.1) is 0 Å². The molecule has 6 nitrogen and oxygen atoms in total. The van der Waals surface area contributed by atoms with Gasteiger partial charge in [-0.2, -0.15) is 0 Å². The van der Waals surface area contributed by atoms with E-state index >= 15 is 0 Å². The predicted octanol–water partition coefficient (Wildman–Crippen LogP) is 2.87. The van der Waals surface area contributed by atoms with Gasteiger partial charge in [0.15, 0.2) is 0 Å². The first kappa shape index (κ1) is 20.1. The molecule has 0 saturated carbocycles. The van der Waals surface area contributed by atoms with Gasteiger partial charge in [0.25, 0.3) is 0 Å². The van der Waals surface area contributed by atoms with E-state index in [-0.39, 0.29) is 18.9 Å². The third-order valence-electron chi connectivity index (χ3n) is 3.25. The van der Waals surface area contributed by atoms with Crippen LogP contribution in [-0.4, -0.2) is 45.6 Å². The molecule has 6 heteroatoms. The molecule has 0 saturated heterocycles. The standard InChI is InChI=1S/C18H28N2O4/c1-18(2,3)24-17(23)14-20(12-8-4-5-10-16(21)22)13-15-9-6-7-11-19-15/h6-7,9,11H,4-5,8,10,12-14H2,1-3H3,(H,21,22). The van der Waals surface area contributed by atoms with Crippen LogP contribution >= 0.6 is 0 Å². The smallest absolute Gasteiger partial charge is 0.320 e. The number of unbranched alkanes of at least 4 members (excludes halogenated alkanes) is 2. The summed E-state index contributed by atoms with van der Waals surface area (Å²) in [5, 5.41) is 8.66. The first-order valence-corrected chi connectivity index (χ1v) is 8.32. The number of nitrogens with zero attached hydrogens (tertiary/aromatic N) is 2. The molecule has 24 heavy (non-hydrogen) atoms. The SMILES string of the molecule is CC(C)(C)OC(=O)CN(CCCCCC(=O)O)Cc1ccccn1. The number of ether oxygens (including phenoxy) is 1. The minimum atomic E-state index is -0.769. The van der Waals surface area contributed by atoms with Gasteiger partial charge >= 0.3 is 11.9 Å². The topological polar surface area (TPSA) is 79.7 Å². The average molecular weight is 336 g/mol. The molecule has 134 valence electrons. The number of carboxylic acids is 1. The number of rotatable bonds is 10. The van der Waals surface area contributed by atoms with Crippen LogP contribution in [-0.2, 0) is 20.9 Å². The van der Waals surface area contributed by atoms with E-state index in [0.717, 1.165) is 18.5 Å².